The molecular formula is C17H13FINO2. The van der Waals surface area contributed by atoms with Gasteiger partial charge in [0.2, 0.25) is 0 Å². The van der Waals surface area contributed by atoms with E-state index in [0.29, 0.717) is 28.8 Å². The van der Waals surface area contributed by atoms with Gasteiger partial charge in [0, 0.05) is 27.7 Å². The van der Waals surface area contributed by atoms with Gasteiger partial charge in [-0.1, -0.05) is 6.07 Å². The van der Waals surface area contributed by atoms with Crippen LogP contribution in [-0.2, 0) is 13.0 Å². The highest BCUT2D eigenvalue weighted by Gasteiger charge is 2.22. The van der Waals surface area contributed by atoms with Crippen molar-refractivity contribution in [1.82, 2.24) is 5.32 Å². The molecule has 1 aliphatic rings. The molecule has 112 valence electrons. The lowest BCUT2D eigenvalue weighted by atomic mass is 9.93. The Morgan fingerprint density at radius 3 is 2.73 bits per heavy atom. The standard InChI is InChI=1S/C17H13FINO2/c1-9(21)14-6-12-8-20-17(22)15(12)5-11(14)4-10-2-3-13(19)7-16(10)18/h2-3,5-7H,4,8H2,1H3,(H,20,22). The van der Waals surface area contributed by atoms with Gasteiger partial charge in [0.25, 0.3) is 5.91 Å². The van der Waals surface area contributed by atoms with Crippen molar-refractivity contribution in [2.75, 3.05) is 0 Å². The van der Waals surface area contributed by atoms with E-state index in [2.05, 4.69) is 5.32 Å². The Kier molecular flexibility index (Phi) is 3.99. The van der Waals surface area contributed by atoms with Crippen LogP contribution in [0.25, 0.3) is 0 Å². The third kappa shape index (κ3) is 2.77. The summed E-state index contributed by atoms with van der Waals surface area (Å²) in [5.41, 5.74) is 3.14. The van der Waals surface area contributed by atoms with Crippen LogP contribution < -0.4 is 5.32 Å². The number of ketones is 1. The second-order valence-electron chi connectivity index (χ2n) is 5.32. The Hall–Kier alpha value is -1.76. The zero-order valence-corrected chi connectivity index (χ0v) is 14.0. The van der Waals surface area contributed by atoms with Gasteiger partial charge in [-0.05, 0) is 70.5 Å². The number of fused-ring (bicyclic) bond motifs is 1. The number of carbonyl (C=O) groups is 2. The van der Waals surface area contributed by atoms with Gasteiger partial charge in [0.15, 0.2) is 5.78 Å². The van der Waals surface area contributed by atoms with Gasteiger partial charge >= 0.3 is 0 Å². The molecule has 0 spiro atoms. The molecule has 0 saturated carbocycles. The highest BCUT2D eigenvalue weighted by atomic mass is 127. The van der Waals surface area contributed by atoms with E-state index in [-0.39, 0.29) is 23.9 Å². The molecule has 0 aromatic heterocycles. The molecule has 0 bridgehead atoms. The Balaban J connectivity index is 2.07. The number of nitrogens with one attached hydrogen (secondary N) is 1. The predicted molar refractivity (Wildman–Crippen MR) is 89.5 cm³/mol. The summed E-state index contributed by atoms with van der Waals surface area (Å²) in [6, 6.07) is 8.46. The van der Waals surface area contributed by atoms with E-state index in [4.69, 9.17) is 0 Å². The zero-order valence-electron chi connectivity index (χ0n) is 11.9. The van der Waals surface area contributed by atoms with Gasteiger partial charge in [-0.25, -0.2) is 4.39 Å². The van der Waals surface area contributed by atoms with Gasteiger partial charge in [0.1, 0.15) is 5.82 Å². The smallest absolute Gasteiger partial charge is 0.251 e. The van der Waals surface area contributed by atoms with E-state index in [1.54, 1.807) is 18.2 Å². The van der Waals surface area contributed by atoms with E-state index in [9.17, 15) is 14.0 Å². The molecule has 22 heavy (non-hydrogen) atoms. The average molecular weight is 409 g/mol. The predicted octanol–water partition coefficient (Wildman–Crippen LogP) is 3.47. The number of halogens is 2. The summed E-state index contributed by atoms with van der Waals surface area (Å²) < 4.78 is 14.9. The minimum Gasteiger partial charge on any atom is -0.348 e. The van der Waals surface area contributed by atoms with Crippen LogP contribution in [0.15, 0.2) is 30.3 Å². The van der Waals surface area contributed by atoms with E-state index in [1.165, 1.54) is 13.0 Å². The molecule has 0 aliphatic carbocycles. The number of carbonyl (C=O) groups excluding carboxylic acids is 2. The Bertz CT molecular complexity index is 801. The normalized spacial score (nSPS) is 13.0. The van der Waals surface area contributed by atoms with E-state index >= 15 is 0 Å². The van der Waals surface area contributed by atoms with Crippen molar-refractivity contribution in [2.45, 2.75) is 19.9 Å². The molecule has 0 atom stereocenters. The van der Waals surface area contributed by atoms with Crippen LogP contribution in [-0.4, -0.2) is 11.7 Å². The molecule has 2 aromatic rings. The van der Waals surface area contributed by atoms with Crippen molar-refractivity contribution < 1.29 is 14.0 Å². The first kappa shape index (κ1) is 15.1. The summed E-state index contributed by atoms with van der Waals surface area (Å²) in [5.74, 6) is -0.524. The van der Waals surface area contributed by atoms with Crippen molar-refractivity contribution in [3.05, 3.63) is 67.5 Å². The topological polar surface area (TPSA) is 46.2 Å². The zero-order chi connectivity index (χ0) is 15.9. The van der Waals surface area contributed by atoms with Crippen LogP contribution in [0.4, 0.5) is 4.39 Å². The fourth-order valence-electron chi connectivity index (χ4n) is 2.66. The second-order valence-corrected chi connectivity index (χ2v) is 6.56. The Morgan fingerprint density at radius 2 is 2.05 bits per heavy atom. The summed E-state index contributed by atoms with van der Waals surface area (Å²) in [5, 5.41) is 2.74. The molecule has 0 unspecified atom stereocenters. The summed E-state index contributed by atoms with van der Waals surface area (Å²) in [6.07, 6.45) is 0.290. The maximum absolute atomic E-state index is 14.1. The molecule has 1 aliphatic heterocycles. The quantitative estimate of drug-likeness (QED) is 0.624. The van der Waals surface area contributed by atoms with Crippen molar-refractivity contribution in [2.24, 2.45) is 0 Å². The molecular weight excluding hydrogens is 396 g/mol. The average Bonchev–Trinajstić information content (AvgIpc) is 2.82. The Labute approximate surface area is 141 Å². The van der Waals surface area contributed by atoms with Gasteiger partial charge < -0.3 is 5.32 Å². The summed E-state index contributed by atoms with van der Waals surface area (Å²) in [7, 11) is 0. The lowest BCUT2D eigenvalue weighted by Gasteiger charge is -2.10. The van der Waals surface area contributed by atoms with Crippen LogP contribution >= 0.6 is 22.6 Å². The molecule has 1 heterocycles. The van der Waals surface area contributed by atoms with Crippen LogP contribution in [0.5, 0.6) is 0 Å². The highest BCUT2D eigenvalue weighted by Crippen LogP contribution is 2.25. The first-order valence-electron chi connectivity index (χ1n) is 6.84. The Morgan fingerprint density at radius 1 is 1.27 bits per heavy atom. The lowest BCUT2D eigenvalue weighted by Crippen LogP contribution is -2.12. The first-order valence-corrected chi connectivity index (χ1v) is 7.92. The molecule has 3 nitrogen and oxygen atoms in total. The van der Waals surface area contributed by atoms with Crippen LogP contribution in [0.3, 0.4) is 0 Å². The maximum Gasteiger partial charge on any atom is 0.251 e. The molecule has 2 aromatic carbocycles. The van der Waals surface area contributed by atoms with Crippen molar-refractivity contribution in [1.29, 1.82) is 0 Å². The summed E-state index contributed by atoms with van der Waals surface area (Å²) >= 11 is 2.05. The van der Waals surface area contributed by atoms with E-state index in [1.807, 2.05) is 28.7 Å². The molecule has 0 radical (unpaired) electrons. The fraction of sp³-hybridized carbons (Fsp3) is 0.176. The van der Waals surface area contributed by atoms with Gasteiger partial charge in [-0.15, -0.1) is 0 Å². The minimum absolute atomic E-state index is 0.0805. The summed E-state index contributed by atoms with van der Waals surface area (Å²) in [4.78, 5) is 23.7. The summed E-state index contributed by atoms with van der Waals surface area (Å²) in [6.45, 7) is 1.92. The van der Waals surface area contributed by atoms with E-state index < -0.39 is 0 Å². The third-order valence-electron chi connectivity index (χ3n) is 3.79. The molecule has 3 rings (SSSR count). The molecule has 1 N–H and O–H groups in total. The number of hydrogen-bond donors (Lipinski definition) is 1. The van der Waals surface area contributed by atoms with Gasteiger partial charge in [0.05, 0.1) is 0 Å². The van der Waals surface area contributed by atoms with Gasteiger partial charge in [-0.2, -0.15) is 0 Å². The van der Waals surface area contributed by atoms with Crippen LogP contribution in [0.1, 0.15) is 44.3 Å². The highest BCUT2D eigenvalue weighted by molar-refractivity contribution is 14.1. The second kappa shape index (κ2) is 5.79. The number of Topliss-reactive ketones (excluding diaryl/α,β-unsaturated/α-hetero) is 1. The van der Waals surface area contributed by atoms with Gasteiger partial charge in [-0.3, -0.25) is 9.59 Å². The number of amides is 1. The molecule has 0 saturated heterocycles. The van der Waals surface area contributed by atoms with Crippen LogP contribution in [0.2, 0.25) is 0 Å². The SMILES string of the molecule is CC(=O)c1cc2c(cc1Cc1ccc(I)cc1F)C(=O)NC2. The third-order valence-corrected chi connectivity index (χ3v) is 4.46. The van der Waals surface area contributed by atoms with Crippen molar-refractivity contribution >= 4 is 34.3 Å². The largest absolute Gasteiger partial charge is 0.348 e. The van der Waals surface area contributed by atoms with Crippen molar-refractivity contribution in [3.63, 3.8) is 0 Å². The number of benzene rings is 2. The fourth-order valence-corrected chi connectivity index (χ4v) is 3.12. The molecule has 1 amide bonds. The molecule has 0 fully saturated rings. The molecule has 5 heteroatoms. The van der Waals surface area contributed by atoms with E-state index in [0.717, 1.165) is 9.13 Å². The van der Waals surface area contributed by atoms with Crippen LogP contribution in [0, 0.1) is 9.39 Å². The lowest BCUT2D eigenvalue weighted by molar-refractivity contribution is 0.0963. The first-order chi connectivity index (χ1) is 10.5. The number of rotatable bonds is 3. The maximum atomic E-state index is 14.1. The number of hydrogen-bond acceptors (Lipinski definition) is 2. The monoisotopic (exact) mass is 409 g/mol. The van der Waals surface area contributed by atoms with Crippen molar-refractivity contribution in [3.8, 4) is 0 Å². The minimum atomic E-state index is -0.300.